The number of hydrogen-bond donors (Lipinski definition) is 1. The third kappa shape index (κ3) is 4.20. The Kier molecular flexibility index (Phi) is 6.34. The summed E-state index contributed by atoms with van der Waals surface area (Å²) < 4.78 is 5.64. The molecule has 34 heavy (non-hydrogen) atoms. The van der Waals surface area contributed by atoms with Gasteiger partial charge in [0.25, 0.3) is 0 Å². The fourth-order valence-electron chi connectivity index (χ4n) is 5.46. The second kappa shape index (κ2) is 9.41. The Bertz CT molecular complexity index is 1150. The molecule has 2 fully saturated rings. The Morgan fingerprint density at radius 3 is 2.56 bits per heavy atom. The van der Waals surface area contributed by atoms with Crippen LogP contribution in [-0.4, -0.2) is 55.5 Å². The van der Waals surface area contributed by atoms with E-state index in [4.69, 9.17) is 14.7 Å². The van der Waals surface area contributed by atoms with Crippen molar-refractivity contribution in [1.29, 1.82) is 0 Å². The second-order valence-electron chi connectivity index (χ2n) is 10.1. The number of nitrogens with zero attached hydrogens (tertiary/aromatic N) is 4. The van der Waals surface area contributed by atoms with Crippen molar-refractivity contribution in [3.8, 4) is 5.75 Å². The molecular formula is C28H36N4O2. The first-order valence-corrected chi connectivity index (χ1v) is 12.5. The van der Waals surface area contributed by atoms with Gasteiger partial charge in [-0.15, -0.1) is 0 Å². The van der Waals surface area contributed by atoms with Crippen LogP contribution in [0.5, 0.6) is 5.75 Å². The van der Waals surface area contributed by atoms with Crippen molar-refractivity contribution >= 4 is 22.4 Å². The van der Waals surface area contributed by atoms with E-state index in [-0.39, 0.29) is 12.0 Å². The quantitative estimate of drug-likeness (QED) is 0.542. The molecule has 6 nitrogen and oxygen atoms in total. The number of aliphatic hydroxyl groups is 1. The summed E-state index contributed by atoms with van der Waals surface area (Å²) in [5.74, 6) is 3.54. The van der Waals surface area contributed by atoms with Crippen LogP contribution in [0.4, 0.5) is 11.5 Å². The number of aliphatic hydroxyl groups excluding tert-OH is 1. The van der Waals surface area contributed by atoms with E-state index in [1.165, 1.54) is 12.0 Å². The maximum Gasteiger partial charge on any atom is 0.140 e. The third-order valence-electron chi connectivity index (χ3n) is 7.91. The Balaban J connectivity index is 1.49. The molecule has 1 aliphatic heterocycles. The smallest absolute Gasteiger partial charge is 0.140 e. The molecule has 3 aromatic rings. The zero-order valence-corrected chi connectivity index (χ0v) is 20.6. The summed E-state index contributed by atoms with van der Waals surface area (Å²) >= 11 is 0. The first-order chi connectivity index (χ1) is 16.5. The predicted octanol–water partition coefficient (Wildman–Crippen LogP) is 4.89. The maximum atomic E-state index is 9.40. The summed E-state index contributed by atoms with van der Waals surface area (Å²) in [5.41, 5.74) is 3.50. The SMILES string of the molecule is COc1ccccc1C1CCN(c2nc(C3(C)CCC3)nc3ccc(N(C)CCO)cc23)CC1. The molecule has 1 aromatic heterocycles. The van der Waals surface area contributed by atoms with Crippen molar-refractivity contribution < 1.29 is 9.84 Å². The number of likely N-dealkylation sites (N-methyl/N-ethyl adjacent to an activating group) is 1. The Hall–Kier alpha value is -2.86. The van der Waals surface area contributed by atoms with E-state index in [2.05, 4.69) is 53.1 Å². The average molecular weight is 461 g/mol. The largest absolute Gasteiger partial charge is 0.496 e. The predicted molar refractivity (Wildman–Crippen MR) is 138 cm³/mol. The van der Waals surface area contributed by atoms with Crippen molar-refractivity contribution in [2.45, 2.75) is 50.4 Å². The van der Waals surface area contributed by atoms with E-state index in [0.717, 1.165) is 72.8 Å². The number of rotatable bonds is 7. The molecule has 1 saturated heterocycles. The van der Waals surface area contributed by atoms with E-state index >= 15 is 0 Å². The van der Waals surface area contributed by atoms with Gasteiger partial charge in [-0.2, -0.15) is 0 Å². The van der Waals surface area contributed by atoms with E-state index < -0.39 is 0 Å². The van der Waals surface area contributed by atoms with Crippen LogP contribution in [0.2, 0.25) is 0 Å². The van der Waals surface area contributed by atoms with Crippen molar-refractivity contribution in [3.63, 3.8) is 0 Å². The molecule has 0 amide bonds. The fraction of sp³-hybridized carbons (Fsp3) is 0.500. The van der Waals surface area contributed by atoms with Crippen molar-refractivity contribution in [2.75, 3.05) is 50.2 Å². The highest BCUT2D eigenvalue weighted by atomic mass is 16.5. The Morgan fingerprint density at radius 2 is 1.88 bits per heavy atom. The van der Waals surface area contributed by atoms with Crippen LogP contribution in [0.1, 0.15) is 56.3 Å². The molecule has 2 heterocycles. The van der Waals surface area contributed by atoms with Gasteiger partial charge in [-0.05, 0) is 61.4 Å². The lowest BCUT2D eigenvalue weighted by Crippen LogP contribution is -2.36. The summed E-state index contributed by atoms with van der Waals surface area (Å²) in [4.78, 5) is 14.8. The first-order valence-electron chi connectivity index (χ1n) is 12.5. The Morgan fingerprint density at radius 1 is 1.12 bits per heavy atom. The normalized spacial score (nSPS) is 18.1. The van der Waals surface area contributed by atoms with Gasteiger partial charge in [0.2, 0.25) is 0 Å². The van der Waals surface area contributed by atoms with Crippen LogP contribution in [-0.2, 0) is 5.41 Å². The average Bonchev–Trinajstić information content (AvgIpc) is 2.86. The highest BCUT2D eigenvalue weighted by molar-refractivity contribution is 5.92. The van der Waals surface area contributed by atoms with E-state index in [1.54, 1.807) is 7.11 Å². The van der Waals surface area contributed by atoms with Gasteiger partial charge in [-0.3, -0.25) is 0 Å². The van der Waals surface area contributed by atoms with Crippen LogP contribution in [0.3, 0.4) is 0 Å². The van der Waals surface area contributed by atoms with Crippen LogP contribution in [0.15, 0.2) is 42.5 Å². The van der Waals surface area contributed by atoms with Gasteiger partial charge in [0.15, 0.2) is 0 Å². The number of anilines is 2. The lowest BCUT2D eigenvalue weighted by Gasteiger charge is -2.38. The van der Waals surface area contributed by atoms with Crippen LogP contribution in [0.25, 0.3) is 10.9 Å². The van der Waals surface area contributed by atoms with Gasteiger partial charge in [0.1, 0.15) is 17.4 Å². The molecule has 0 atom stereocenters. The van der Waals surface area contributed by atoms with E-state index in [0.29, 0.717) is 12.5 Å². The number of piperidine rings is 1. The molecule has 0 bridgehead atoms. The highest BCUT2D eigenvalue weighted by Crippen LogP contribution is 2.44. The molecule has 0 spiro atoms. The summed E-state index contributed by atoms with van der Waals surface area (Å²) in [5, 5.41) is 10.5. The topological polar surface area (TPSA) is 61.7 Å². The zero-order chi connectivity index (χ0) is 23.7. The monoisotopic (exact) mass is 460 g/mol. The number of hydrogen-bond acceptors (Lipinski definition) is 6. The number of para-hydroxylation sites is 1. The van der Waals surface area contributed by atoms with Gasteiger partial charge in [0.05, 0.1) is 19.2 Å². The number of benzene rings is 2. The summed E-state index contributed by atoms with van der Waals surface area (Å²) in [6, 6.07) is 14.8. The van der Waals surface area contributed by atoms with Gasteiger partial charge in [0, 0.05) is 43.2 Å². The third-order valence-corrected chi connectivity index (χ3v) is 7.91. The van der Waals surface area contributed by atoms with Crippen LogP contribution < -0.4 is 14.5 Å². The summed E-state index contributed by atoms with van der Waals surface area (Å²) in [6.07, 6.45) is 5.71. The molecule has 1 N–H and O–H groups in total. The lowest BCUT2D eigenvalue weighted by molar-refractivity contribution is 0.257. The minimum Gasteiger partial charge on any atom is -0.496 e. The number of aromatic nitrogens is 2. The van der Waals surface area contributed by atoms with Gasteiger partial charge >= 0.3 is 0 Å². The van der Waals surface area contributed by atoms with E-state index in [1.807, 2.05) is 13.1 Å². The summed E-state index contributed by atoms with van der Waals surface area (Å²) in [6.45, 7) is 4.95. The molecule has 5 rings (SSSR count). The van der Waals surface area contributed by atoms with Crippen LogP contribution >= 0.6 is 0 Å². The number of ether oxygens (including phenoxy) is 1. The molecular weight excluding hydrogens is 424 g/mol. The lowest BCUT2D eigenvalue weighted by atomic mass is 9.70. The van der Waals surface area contributed by atoms with Crippen molar-refractivity contribution in [3.05, 3.63) is 53.9 Å². The molecule has 180 valence electrons. The molecule has 2 aromatic carbocycles. The van der Waals surface area contributed by atoms with Crippen LogP contribution in [0, 0.1) is 0 Å². The molecule has 2 aliphatic rings. The molecule has 0 unspecified atom stereocenters. The van der Waals surface area contributed by atoms with E-state index in [9.17, 15) is 5.11 Å². The Labute approximate surface area is 202 Å². The van der Waals surface area contributed by atoms with Gasteiger partial charge < -0.3 is 19.6 Å². The van der Waals surface area contributed by atoms with Crippen molar-refractivity contribution in [2.24, 2.45) is 0 Å². The second-order valence-corrected chi connectivity index (χ2v) is 10.1. The highest BCUT2D eigenvalue weighted by Gasteiger charge is 2.37. The summed E-state index contributed by atoms with van der Waals surface area (Å²) in [7, 11) is 3.77. The minimum atomic E-state index is 0.0883. The first kappa shape index (κ1) is 22.9. The number of fused-ring (bicyclic) bond motifs is 1. The number of methoxy groups -OCH3 is 1. The fourth-order valence-corrected chi connectivity index (χ4v) is 5.46. The molecule has 1 aliphatic carbocycles. The van der Waals surface area contributed by atoms with Gasteiger partial charge in [-0.1, -0.05) is 31.5 Å². The molecule has 0 radical (unpaired) electrons. The minimum absolute atomic E-state index is 0.0883. The molecule has 1 saturated carbocycles. The van der Waals surface area contributed by atoms with Crippen molar-refractivity contribution in [1.82, 2.24) is 9.97 Å². The maximum absolute atomic E-state index is 9.40. The van der Waals surface area contributed by atoms with Gasteiger partial charge in [-0.25, -0.2) is 9.97 Å². The zero-order valence-electron chi connectivity index (χ0n) is 20.6. The standard InChI is InChI=1S/C28H36N4O2/c1-28(13-6-14-28)27-29-24-10-9-21(31(2)17-18-33)19-23(24)26(30-27)32-15-11-20(12-16-32)22-7-4-5-8-25(22)34-3/h4-5,7-10,19-20,33H,6,11-18H2,1-3H3. The molecule has 6 heteroatoms.